The van der Waals surface area contributed by atoms with Gasteiger partial charge in [0.25, 0.3) is 0 Å². The first-order valence-corrected chi connectivity index (χ1v) is 5.09. The van der Waals surface area contributed by atoms with Crippen LogP contribution in [0.25, 0.3) is 0 Å². The highest BCUT2D eigenvalue weighted by Gasteiger charge is 2.21. The Balaban J connectivity index is 2.64. The van der Waals surface area contributed by atoms with Gasteiger partial charge in [-0.2, -0.15) is 0 Å². The molecule has 0 aliphatic carbocycles. The summed E-state index contributed by atoms with van der Waals surface area (Å²) in [6.07, 6.45) is 0.754. The van der Waals surface area contributed by atoms with Crippen molar-refractivity contribution in [1.29, 1.82) is 0 Å². The summed E-state index contributed by atoms with van der Waals surface area (Å²) in [4.78, 5) is 0. The molecule has 0 saturated carbocycles. The van der Waals surface area contributed by atoms with E-state index in [-0.39, 0.29) is 17.5 Å². The zero-order valence-electron chi connectivity index (χ0n) is 9.46. The summed E-state index contributed by atoms with van der Waals surface area (Å²) < 4.78 is 18.4. The molecule has 0 spiro atoms. The lowest BCUT2D eigenvalue weighted by molar-refractivity contribution is 0.0932. The lowest BCUT2D eigenvalue weighted by Crippen LogP contribution is -2.35. The van der Waals surface area contributed by atoms with Gasteiger partial charge in [0, 0.05) is 12.5 Å². The number of hydrogen-bond acceptors (Lipinski definition) is 2. The van der Waals surface area contributed by atoms with Gasteiger partial charge in [-0.05, 0) is 45.0 Å². The van der Waals surface area contributed by atoms with Crippen LogP contribution in [0.15, 0.2) is 24.3 Å². The maximum absolute atomic E-state index is 12.7. The molecule has 3 heteroatoms. The number of nitrogens with two attached hydrogens (primary N) is 1. The number of rotatable bonds is 4. The number of hydrogen-bond donors (Lipinski definition) is 1. The largest absolute Gasteiger partial charge is 0.488 e. The summed E-state index contributed by atoms with van der Waals surface area (Å²) in [6, 6.07) is 6.10. The second-order valence-electron chi connectivity index (χ2n) is 4.50. The molecule has 84 valence electrons. The molecule has 15 heavy (non-hydrogen) atoms. The van der Waals surface area contributed by atoms with Crippen LogP contribution in [0.4, 0.5) is 4.39 Å². The first-order valence-electron chi connectivity index (χ1n) is 5.09. The Bertz CT molecular complexity index is 306. The first-order chi connectivity index (χ1) is 6.89. The Morgan fingerprint density at radius 2 is 1.87 bits per heavy atom. The van der Waals surface area contributed by atoms with Crippen LogP contribution in [0.3, 0.4) is 0 Å². The van der Waals surface area contributed by atoms with E-state index in [9.17, 15) is 4.39 Å². The van der Waals surface area contributed by atoms with Gasteiger partial charge in [0.15, 0.2) is 0 Å². The van der Waals surface area contributed by atoms with Crippen LogP contribution in [0.1, 0.15) is 27.2 Å². The Hall–Kier alpha value is -1.09. The lowest BCUT2D eigenvalue weighted by Gasteiger charge is -2.28. The molecule has 1 rings (SSSR count). The predicted molar refractivity (Wildman–Crippen MR) is 59.4 cm³/mol. The maximum Gasteiger partial charge on any atom is 0.123 e. The van der Waals surface area contributed by atoms with E-state index in [2.05, 4.69) is 0 Å². The molecule has 1 unspecified atom stereocenters. The van der Waals surface area contributed by atoms with E-state index in [1.807, 2.05) is 20.8 Å². The number of ether oxygens (including phenoxy) is 1. The highest BCUT2D eigenvalue weighted by atomic mass is 19.1. The highest BCUT2D eigenvalue weighted by molar-refractivity contribution is 5.22. The van der Waals surface area contributed by atoms with Gasteiger partial charge in [-0.25, -0.2) is 4.39 Å². The zero-order valence-corrected chi connectivity index (χ0v) is 9.46. The average Bonchev–Trinajstić information content (AvgIpc) is 2.06. The van der Waals surface area contributed by atoms with Crippen molar-refractivity contribution in [1.82, 2.24) is 0 Å². The minimum Gasteiger partial charge on any atom is -0.488 e. The highest BCUT2D eigenvalue weighted by Crippen LogP contribution is 2.21. The van der Waals surface area contributed by atoms with Crippen molar-refractivity contribution in [2.75, 3.05) is 0 Å². The van der Waals surface area contributed by atoms with E-state index in [1.54, 1.807) is 12.1 Å². The minimum absolute atomic E-state index is 0.0837. The molecule has 0 heterocycles. The van der Waals surface area contributed by atoms with Gasteiger partial charge in [0.05, 0.1) is 0 Å². The molecule has 0 aliphatic heterocycles. The predicted octanol–water partition coefficient (Wildman–Crippen LogP) is 2.72. The molecule has 0 aromatic heterocycles. The van der Waals surface area contributed by atoms with Gasteiger partial charge in [-0.15, -0.1) is 0 Å². The Kier molecular flexibility index (Phi) is 3.69. The fourth-order valence-corrected chi connectivity index (χ4v) is 1.64. The van der Waals surface area contributed by atoms with Crippen LogP contribution in [0.2, 0.25) is 0 Å². The summed E-state index contributed by atoms with van der Waals surface area (Å²) in [7, 11) is 0. The van der Waals surface area contributed by atoms with Gasteiger partial charge >= 0.3 is 0 Å². The molecule has 0 radical (unpaired) electrons. The second-order valence-corrected chi connectivity index (χ2v) is 4.50. The third-order valence-corrected chi connectivity index (χ3v) is 2.02. The summed E-state index contributed by atoms with van der Waals surface area (Å²) in [6.45, 7) is 5.88. The van der Waals surface area contributed by atoms with Crippen LogP contribution in [-0.4, -0.2) is 11.6 Å². The molecule has 1 atom stereocenters. The summed E-state index contributed by atoms with van der Waals surface area (Å²) >= 11 is 0. The maximum atomic E-state index is 12.7. The van der Waals surface area contributed by atoms with Crippen molar-refractivity contribution in [3.05, 3.63) is 30.1 Å². The Morgan fingerprint density at radius 1 is 1.33 bits per heavy atom. The van der Waals surface area contributed by atoms with E-state index in [0.717, 1.165) is 6.42 Å². The molecule has 0 fully saturated rings. The molecule has 2 N–H and O–H groups in total. The van der Waals surface area contributed by atoms with Gasteiger partial charge in [0.2, 0.25) is 0 Å². The van der Waals surface area contributed by atoms with E-state index in [0.29, 0.717) is 5.75 Å². The number of benzene rings is 1. The monoisotopic (exact) mass is 211 g/mol. The van der Waals surface area contributed by atoms with E-state index in [1.165, 1.54) is 12.1 Å². The van der Waals surface area contributed by atoms with Crippen molar-refractivity contribution < 1.29 is 9.13 Å². The minimum atomic E-state index is -0.327. The van der Waals surface area contributed by atoms with E-state index < -0.39 is 0 Å². The fourth-order valence-electron chi connectivity index (χ4n) is 1.64. The second kappa shape index (κ2) is 4.62. The van der Waals surface area contributed by atoms with E-state index >= 15 is 0 Å². The van der Waals surface area contributed by atoms with Crippen molar-refractivity contribution in [3.8, 4) is 5.75 Å². The standard InChI is InChI=1S/C12H18FNO/c1-9(14)8-12(2,3)15-11-6-4-10(13)5-7-11/h4-7,9H,8,14H2,1-3H3. The fraction of sp³-hybridized carbons (Fsp3) is 0.500. The molecule has 0 amide bonds. The SMILES string of the molecule is CC(N)CC(C)(C)Oc1ccc(F)cc1. The van der Waals surface area contributed by atoms with E-state index in [4.69, 9.17) is 10.5 Å². The topological polar surface area (TPSA) is 35.2 Å². The van der Waals surface area contributed by atoms with Gasteiger partial charge < -0.3 is 10.5 Å². The van der Waals surface area contributed by atoms with Crippen molar-refractivity contribution in [2.24, 2.45) is 5.73 Å². The van der Waals surface area contributed by atoms with Crippen molar-refractivity contribution >= 4 is 0 Å². The van der Waals surface area contributed by atoms with Crippen molar-refractivity contribution in [2.45, 2.75) is 38.8 Å². The molecule has 0 aliphatic rings. The molecule has 0 saturated heterocycles. The zero-order chi connectivity index (χ0) is 11.5. The van der Waals surface area contributed by atoms with Gasteiger partial charge in [-0.3, -0.25) is 0 Å². The first kappa shape index (κ1) is 12.0. The lowest BCUT2D eigenvalue weighted by atomic mass is 10.0. The third kappa shape index (κ3) is 4.30. The average molecular weight is 211 g/mol. The van der Waals surface area contributed by atoms with Crippen LogP contribution in [-0.2, 0) is 0 Å². The summed E-state index contributed by atoms with van der Waals surface area (Å²) in [5.74, 6) is 0.411. The number of halogens is 1. The van der Waals surface area contributed by atoms with Crippen LogP contribution in [0, 0.1) is 5.82 Å². The summed E-state index contributed by atoms with van der Waals surface area (Å²) in [5.41, 5.74) is 5.39. The van der Waals surface area contributed by atoms with Gasteiger partial charge in [-0.1, -0.05) is 0 Å². The Labute approximate surface area is 90.2 Å². The molecular formula is C12H18FNO. The molecule has 2 nitrogen and oxygen atoms in total. The normalized spacial score (nSPS) is 13.7. The van der Waals surface area contributed by atoms with Crippen molar-refractivity contribution in [3.63, 3.8) is 0 Å². The van der Waals surface area contributed by atoms with Crippen LogP contribution >= 0.6 is 0 Å². The molecule has 0 bridgehead atoms. The quantitative estimate of drug-likeness (QED) is 0.831. The molecule has 1 aromatic rings. The molecular weight excluding hydrogens is 193 g/mol. The van der Waals surface area contributed by atoms with Gasteiger partial charge in [0.1, 0.15) is 17.2 Å². The van der Waals surface area contributed by atoms with Crippen LogP contribution in [0.5, 0.6) is 5.75 Å². The molecule has 1 aromatic carbocycles. The third-order valence-electron chi connectivity index (χ3n) is 2.02. The Morgan fingerprint density at radius 3 is 2.33 bits per heavy atom. The van der Waals surface area contributed by atoms with Crippen LogP contribution < -0.4 is 10.5 Å². The smallest absolute Gasteiger partial charge is 0.123 e. The summed E-state index contributed by atoms with van der Waals surface area (Å²) in [5, 5.41) is 0.